The molecule has 1 N–H and O–H groups in total. The number of methoxy groups -OCH3 is 1. The van der Waals surface area contributed by atoms with Gasteiger partial charge in [-0.1, -0.05) is 37.5 Å². The number of anilines is 1. The summed E-state index contributed by atoms with van der Waals surface area (Å²) in [5, 5.41) is 11.3. The van der Waals surface area contributed by atoms with Gasteiger partial charge >= 0.3 is 6.61 Å². The van der Waals surface area contributed by atoms with Crippen LogP contribution in [0.4, 0.5) is 14.5 Å². The van der Waals surface area contributed by atoms with Crippen LogP contribution < -0.4 is 19.1 Å². The Bertz CT molecular complexity index is 853. The highest BCUT2D eigenvalue weighted by Gasteiger charge is 2.44. The van der Waals surface area contributed by atoms with Crippen molar-refractivity contribution < 1.29 is 28.1 Å². The van der Waals surface area contributed by atoms with Crippen LogP contribution in [-0.4, -0.2) is 37.1 Å². The molecule has 4 rings (SSSR count). The van der Waals surface area contributed by atoms with Crippen LogP contribution in [0, 0.1) is 0 Å². The number of aliphatic hydroxyl groups is 1. The van der Waals surface area contributed by atoms with Crippen LogP contribution in [0.15, 0.2) is 42.5 Å². The molecule has 2 aliphatic rings. The summed E-state index contributed by atoms with van der Waals surface area (Å²) < 4.78 is 42.1. The molecule has 1 heterocycles. The zero-order valence-corrected chi connectivity index (χ0v) is 17.0. The Hall–Kier alpha value is -2.54. The molecule has 2 aromatic rings. The lowest BCUT2D eigenvalue weighted by Gasteiger charge is -2.45. The molecule has 1 saturated carbocycles. The van der Waals surface area contributed by atoms with Crippen molar-refractivity contribution in [3.8, 4) is 17.2 Å². The second-order valence-electron chi connectivity index (χ2n) is 7.98. The minimum absolute atomic E-state index is 0.00802. The maximum absolute atomic E-state index is 13.0. The average molecular weight is 419 g/mol. The first-order valence-corrected chi connectivity index (χ1v) is 10.3. The maximum Gasteiger partial charge on any atom is 0.387 e. The van der Waals surface area contributed by atoms with E-state index in [0.29, 0.717) is 31.6 Å². The summed E-state index contributed by atoms with van der Waals surface area (Å²) in [6.45, 7) is -1.94. The SMILES string of the molecule is COc1ccc(CN2CC(C3(O)CCCCC3)Oc3c(OC(F)F)cccc32)cc1. The zero-order chi connectivity index (χ0) is 21.1. The number of hydrogen-bond donors (Lipinski definition) is 1. The quantitative estimate of drug-likeness (QED) is 0.732. The average Bonchev–Trinajstić information content (AvgIpc) is 2.75. The number of benzene rings is 2. The van der Waals surface area contributed by atoms with Crippen molar-refractivity contribution in [3.05, 3.63) is 48.0 Å². The van der Waals surface area contributed by atoms with Gasteiger partial charge in [-0.05, 0) is 42.7 Å². The van der Waals surface area contributed by atoms with Crippen LogP contribution in [0.3, 0.4) is 0 Å². The van der Waals surface area contributed by atoms with Crippen LogP contribution in [0.1, 0.15) is 37.7 Å². The first kappa shape index (κ1) is 20.7. The first-order chi connectivity index (χ1) is 14.5. The minimum atomic E-state index is -2.95. The smallest absolute Gasteiger partial charge is 0.387 e. The molecule has 30 heavy (non-hydrogen) atoms. The lowest BCUT2D eigenvalue weighted by Crippen LogP contribution is -2.55. The molecular weight excluding hydrogens is 392 g/mol. The van der Waals surface area contributed by atoms with Gasteiger partial charge in [0.15, 0.2) is 11.5 Å². The van der Waals surface area contributed by atoms with E-state index >= 15 is 0 Å². The Labute approximate surface area is 175 Å². The molecule has 1 aliphatic heterocycles. The lowest BCUT2D eigenvalue weighted by atomic mass is 9.80. The molecule has 0 radical (unpaired) electrons. The fraction of sp³-hybridized carbons (Fsp3) is 0.478. The Morgan fingerprint density at radius 1 is 1.13 bits per heavy atom. The third kappa shape index (κ3) is 4.31. The Morgan fingerprint density at radius 3 is 2.53 bits per heavy atom. The number of nitrogens with zero attached hydrogens (tertiary/aromatic N) is 1. The third-order valence-corrected chi connectivity index (χ3v) is 6.01. The molecule has 0 bridgehead atoms. The molecule has 0 aromatic heterocycles. The van der Waals surface area contributed by atoms with Crippen molar-refractivity contribution in [1.82, 2.24) is 0 Å². The number of hydrogen-bond acceptors (Lipinski definition) is 5. The van der Waals surface area contributed by atoms with Crippen LogP contribution in [0.25, 0.3) is 0 Å². The van der Waals surface area contributed by atoms with Gasteiger partial charge in [-0.25, -0.2) is 0 Å². The molecular formula is C23H27F2NO4. The highest BCUT2D eigenvalue weighted by atomic mass is 19.3. The lowest BCUT2D eigenvalue weighted by molar-refractivity contribution is -0.0887. The number of ether oxygens (including phenoxy) is 3. The van der Waals surface area contributed by atoms with E-state index in [2.05, 4.69) is 4.90 Å². The zero-order valence-electron chi connectivity index (χ0n) is 17.0. The van der Waals surface area contributed by atoms with Gasteiger partial charge in [0, 0.05) is 6.54 Å². The molecule has 1 aliphatic carbocycles. The second kappa shape index (κ2) is 8.68. The summed E-state index contributed by atoms with van der Waals surface area (Å²) in [4.78, 5) is 2.07. The fourth-order valence-corrected chi connectivity index (χ4v) is 4.41. The highest BCUT2D eigenvalue weighted by Crippen LogP contribution is 2.45. The van der Waals surface area contributed by atoms with E-state index in [1.807, 2.05) is 30.3 Å². The monoisotopic (exact) mass is 419 g/mol. The van der Waals surface area contributed by atoms with Crippen molar-refractivity contribution in [3.63, 3.8) is 0 Å². The molecule has 1 fully saturated rings. The molecule has 5 nitrogen and oxygen atoms in total. The van der Waals surface area contributed by atoms with Gasteiger partial charge in [0.1, 0.15) is 17.5 Å². The molecule has 1 unspecified atom stereocenters. The summed E-state index contributed by atoms with van der Waals surface area (Å²) in [5.74, 6) is 1.02. The normalized spacial score (nSPS) is 20.4. The van der Waals surface area contributed by atoms with Gasteiger partial charge in [0.2, 0.25) is 0 Å². The number of para-hydroxylation sites is 1. The van der Waals surface area contributed by atoms with Crippen molar-refractivity contribution in [1.29, 1.82) is 0 Å². The van der Waals surface area contributed by atoms with Crippen molar-refractivity contribution in [2.24, 2.45) is 0 Å². The van der Waals surface area contributed by atoms with Crippen molar-refractivity contribution in [2.75, 3.05) is 18.6 Å². The summed E-state index contributed by atoms with van der Waals surface area (Å²) >= 11 is 0. The van der Waals surface area contributed by atoms with Gasteiger partial charge in [0.25, 0.3) is 0 Å². The molecule has 2 aromatic carbocycles. The summed E-state index contributed by atoms with van der Waals surface area (Å²) in [6.07, 6.45) is 3.70. The first-order valence-electron chi connectivity index (χ1n) is 10.3. The number of alkyl halides is 2. The van der Waals surface area contributed by atoms with Crippen LogP contribution in [0.2, 0.25) is 0 Å². The van der Waals surface area contributed by atoms with E-state index in [0.717, 1.165) is 30.6 Å². The molecule has 0 amide bonds. The van der Waals surface area contributed by atoms with Gasteiger partial charge in [-0.3, -0.25) is 0 Å². The van der Waals surface area contributed by atoms with E-state index in [1.165, 1.54) is 6.07 Å². The molecule has 0 spiro atoms. The van der Waals surface area contributed by atoms with Crippen LogP contribution in [0.5, 0.6) is 17.2 Å². The number of fused-ring (bicyclic) bond motifs is 1. The van der Waals surface area contributed by atoms with Crippen LogP contribution >= 0.6 is 0 Å². The third-order valence-electron chi connectivity index (χ3n) is 6.01. The Morgan fingerprint density at radius 2 is 1.87 bits per heavy atom. The Kier molecular flexibility index (Phi) is 5.99. The topological polar surface area (TPSA) is 51.2 Å². The second-order valence-corrected chi connectivity index (χ2v) is 7.98. The predicted molar refractivity (Wildman–Crippen MR) is 110 cm³/mol. The van der Waals surface area contributed by atoms with E-state index in [9.17, 15) is 13.9 Å². The van der Waals surface area contributed by atoms with Crippen LogP contribution in [-0.2, 0) is 6.54 Å². The maximum atomic E-state index is 13.0. The van der Waals surface area contributed by atoms with E-state index in [1.54, 1.807) is 13.2 Å². The van der Waals surface area contributed by atoms with E-state index < -0.39 is 18.3 Å². The van der Waals surface area contributed by atoms with E-state index in [-0.39, 0.29) is 11.5 Å². The van der Waals surface area contributed by atoms with Gasteiger partial charge in [-0.2, -0.15) is 8.78 Å². The predicted octanol–water partition coefficient (Wildman–Crippen LogP) is 4.76. The minimum Gasteiger partial charge on any atom is -0.497 e. The van der Waals surface area contributed by atoms with Gasteiger partial charge in [0.05, 0.1) is 19.3 Å². The van der Waals surface area contributed by atoms with Crippen molar-refractivity contribution >= 4 is 5.69 Å². The summed E-state index contributed by atoms with van der Waals surface area (Å²) in [7, 11) is 1.62. The molecule has 0 saturated heterocycles. The highest BCUT2D eigenvalue weighted by molar-refractivity contribution is 5.66. The number of rotatable bonds is 6. The molecule has 7 heteroatoms. The Balaban J connectivity index is 1.67. The summed E-state index contributed by atoms with van der Waals surface area (Å²) in [6, 6.07) is 12.7. The standard InChI is InChI=1S/C23H27F2NO4/c1-28-17-10-8-16(9-11-17)14-26-15-20(23(27)12-3-2-4-13-23)30-21-18(26)6-5-7-19(21)29-22(24)25/h5-11,20,22,27H,2-4,12-15H2,1H3. The number of halogens is 2. The van der Waals surface area contributed by atoms with E-state index in [4.69, 9.17) is 14.2 Å². The molecule has 162 valence electrons. The molecule has 1 atom stereocenters. The van der Waals surface area contributed by atoms with Gasteiger partial charge < -0.3 is 24.2 Å². The van der Waals surface area contributed by atoms with Crippen molar-refractivity contribution in [2.45, 2.75) is 57.0 Å². The largest absolute Gasteiger partial charge is 0.497 e. The fourth-order valence-electron chi connectivity index (χ4n) is 4.41. The summed E-state index contributed by atoms with van der Waals surface area (Å²) in [5.41, 5.74) is 0.740. The van der Waals surface area contributed by atoms with Gasteiger partial charge in [-0.15, -0.1) is 0 Å².